The van der Waals surface area contributed by atoms with Crippen LogP contribution in [0.15, 0.2) is 48.2 Å². The first-order chi connectivity index (χ1) is 14.4. The third-order valence-corrected chi connectivity index (χ3v) is 6.00. The monoisotopic (exact) mass is 404 g/mol. The van der Waals surface area contributed by atoms with Gasteiger partial charge in [0.25, 0.3) is 11.8 Å². The summed E-state index contributed by atoms with van der Waals surface area (Å²) in [6.07, 6.45) is 2.14. The van der Waals surface area contributed by atoms with Crippen molar-refractivity contribution < 1.29 is 14.3 Å². The first-order valence-corrected chi connectivity index (χ1v) is 10.5. The summed E-state index contributed by atoms with van der Waals surface area (Å²) in [4.78, 5) is 30.9. The Balaban J connectivity index is 1.88. The van der Waals surface area contributed by atoms with E-state index in [0.717, 1.165) is 37.1 Å². The van der Waals surface area contributed by atoms with Gasteiger partial charge in [-0.2, -0.15) is 0 Å². The number of rotatable bonds is 4. The molecule has 2 heterocycles. The molecule has 1 atom stereocenters. The van der Waals surface area contributed by atoms with Crippen LogP contribution < -0.4 is 9.64 Å². The van der Waals surface area contributed by atoms with Gasteiger partial charge in [-0.3, -0.25) is 9.59 Å². The molecule has 30 heavy (non-hydrogen) atoms. The molecule has 0 N–H and O–H groups in total. The molecule has 2 aliphatic heterocycles. The van der Waals surface area contributed by atoms with Gasteiger partial charge in [-0.25, -0.2) is 4.90 Å². The van der Waals surface area contributed by atoms with E-state index in [1.807, 2.05) is 56.3 Å². The largest absolute Gasteiger partial charge is 0.496 e. The third kappa shape index (κ3) is 3.38. The molecule has 0 aliphatic carbocycles. The van der Waals surface area contributed by atoms with Gasteiger partial charge in [0, 0.05) is 18.7 Å². The number of carbonyl (C=O) groups is 2. The standard InChI is InChI=1S/C25H28N2O3/c1-16-11-12-20(18(3)14-16)27-24(28)22(19-9-5-6-10-21(19)30-4)23(25(27)29)26-13-7-8-17(2)15-26/h5-6,9-12,14,17H,7-8,13,15H2,1-4H3. The van der Waals surface area contributed by atoms with Crippen molar-refractivity contribution in [3.63, 3.8) is 0 Å². The minimum absolute atomic E-state index is 0.248. The molecule has 0 radical (unpaired) electrons. The summed E-state index contributed by atoms with van der Waals surface area (Å²) in [5.74, 6) is 0.536. The second-order valence-electron chi connectivity index (χ2n) is 8.35. The van der Waals surface area contributed by atoms with Crippen molar-refractivity contribution in [2.24, 2.45) is 5.92 Å². The normalized spacial score (nSPS) is 19.7. The van der Waals surface area contributed by atoms with Crippen molar-refractivity contribution in [3.8, 4) is 5.75 Å². The Bertz CT molecular complexity index is 1040. The molecule has 5 nitrogen and oxygen atoms in total. The molecule has 4 rings (SSSR count). The Morgan fingerprint density at radius 1 is 1.03 bits per heavy atom. The number of hydrogen-bond donors (Lipinski definition) is 0. The van der Waals surface area contributed by atoms with E-state index >= 15 is 0 Å². The first kappa shape index (κ1) is 20.2. The summed E-state index contributed by atoms with van der Waals surface area (Å²) in [6, 6.07) is 13.2. The van der Waals surface area contributed by atoms with Crippen molar-refractivity contribution >= 4 is 23.1 Å². The summed E-state index contributed by atoms with van der Waals surface area (Å²) in [6.45, 7) is 7.68. The van der Waals surface area contributed by atoms with Gasteiger partial charge in [0.15, 0.2) is 0 Å². The lowest BCUT2D eigenvalue weighted by Gasteiger charge is -2.33. The second-order valence-corrected chi connectivity index (χ2v) is 8.35. The molecule has 0 bridgehead atoms. The molecular formula is C25H28N2O3. The number of amides is 2. The van der Waals surface area contributed by atoms with E-state index < -0.39 is 0 Å². The number of aryl methyl sites for hydroxylation is 2. The third-order valence-electron chi connectivity index (χ3n) is 6.00. The summed E-state index contributed by atoms with van der Waals surface area (Å²) in [5.41, 5.74) is 4.24. The summed E-state index contributed by atoms with van der Waals surface area (Å²) >= 11 is 0. The Kier molecular flexibility index (Phi) is 5.37. The second kappa shape index (κ2) is 7.98. The highest BCUT2D eigenvalue weighted by Gasteiger charge is 2.44. The van der Waals surface area contributed by atoms with Crippen molar-refractivity contribution in [1.29, 1.82) is 0 Å². The number of para-hydroxylation sites is 1. The molecule has 0 aromatic heterocycles. The lowest BCUT2D eigenvalue weighted by molar-refractivity contribution is -0.120. The first-order valence-electron chi connectivity index (χ1n) is 10.5. The SMILES string of the molecule is COc1ccccc1C1=C(N2CCCC(C)C2)C(=O)N(c2ccc(C)cc2C)C1=O. The van der Waals surface area contributed by atoms with E-state index in [1.54, 1.807) is 7.11 Å². The number of ether oxygens (including phenoxy) is 1. The van der Waals surface area contributed by atoms with Crippen LogP contribution in [0.5, 0.6) is 5.75 Å². The maximum Gasteiger partial charge on any atom is 0.282 e. The number of likely N-dealkylation sites (tertiary alicyclic amines) is 1. The van der Waals surface area contributed by atoms with Gasteiger partial charge in [-0.1, -0.05) is 42.8 Å². The van der Waals surface area contributed by atoms with Crippen molar-refractivity contribution in [3.05, 3.63) is 64.9 Å². The maximum atomic E-state index is 13.7. The van der Waals surface area contributed by atoms with Crippen LogP contribution >= 0.6 is 0 Å². The van der Waals surface area contributed by atoms with E-state index in [1.165, 1.54) is 4.90 Å². The predicted molar refractivity (Wildman–Crippen MR) is 118 cm³/mol. The highest BCUT2D eigenvalue weighted by atomic mass is 16.5. The van der Waals surface area contributed by atoms with Crippen LogP contribution in [0.25, 0.3) is 5.57 Å². The van der Waals surface area contributed by atoms with E-state index in [4.69, 9.17) is 4.74 Å². The van der Waals surface area contributed by atoms with Crippen molar-refractivity contribution in [1.82, 2.24) is 4.90 Å². The Labute approximate surface area is 177 Å². The number of imide groups is 1. The van der Waals surface area contributed by atoms with E-state index in [9.17, 15) is 9.59 Å². The molecule has 2 aromatic carbocycles. The van der Waals surface area contributed by atoms with Crippen LogP contribution in [0.4, 0.5) is 5.69 Å². The average molecular weight is 405 g/mol. The fourth-order valence-electron chi connectivity index (χ4n) is 4.57. The highest BCUT2D eigenvalue weighted by Crippen LogP contribution is 2.40. The van der Waals surface area contributed by atoms with Gasteiger partial charge >= 0.3 is 0 Å². The molecule has 2 aliphatic rings. The molecule has 0 spiro atoms. The Hall–Kier alpha value is -3.08. The maximum absolute atomic E-state index is 13.7. The van der Waals surface area contributed by atoms with Gasteiger partial charge in [-0.05, 0) is 50.3 Å². The van der Waals surface area contributed by atoms with Gasteiger partial charge in [0.1, 0.15) is 11.4 Å². The number of hydrogen-bond acceptors (Lipinski definition) is 4. The molecule has 0 saturated carbocycles. The molecule has 156 valence electrons. The van der Waals surface area contributed by atoms with Crippen LogP contribution in [0.3, 0.4) is 0 Å². The summed E-state index contributed by atoms with van der Waals surface area (Å²) < 4.78 is 5.54. The van der Waals surface area contributed by atoms with Crippen LogP contribution in [-0.2, 0) is 9.59 Å². The van der Waals surface area contributed by atoms with Crippen LogP contribution in [-0.4, -0.2) is 36.9 Å². The number of piperidine rings is 1. The Morgan fingerprint density at radius 2 is 1.80 bits per heavy atom. The molecule has 2 amide bonds. The lowest BCUT2D eigenvalue weighted by Crippen LogP contribution is -2.39. The van der Waals surface area contributed by atoms with Crippen molar-refractivity contribution in [2.75, 3.05) is 25.1 Å². The zero-order valence-electron chi connectivity index (χ0n) is 18.1. The molecule has 1 unspecified atom stereocenters. The van der Waals surface area contributed by atoms with Gasteiger partial charge in [-0.15, -0.1) is 0 Å². The quantitative estimate of drug-likeness (QED) is 0.712. The van der Waals surface area contributed by atoms with E-state index in [2.05, 4.69) is 11.8 Å². The fraction of sp³-hybridized carbons (Fsp3) is 0.360. The number of methoxy groups -OCH3 is 1. The minimum Gasteiger partial charge on any atom is -0.496 e. The zero-order valence-corrected chi connectivity index (χ0v) is 18.1. The average Bonchev–Trinajstić information content (AvgIpc) is 2.98. The smallest absolute Gasteiger partial charge is 0.282 e. The van der Waals surface area contributed by atoms with Crippen LogP contribution in [0, 0.1) is 19.8 Å². The zero-order chi connectivity index (χ0) is 21.4. The van der Waals surface area contributed by atoms with E-state index in [0.29, 0.717) is 34.2 Å². The van der Waals surface area contributed by atoms with Gasteiger partial charge < -0.3 is 9.64 Å². The van der Waals surface area contributed by atoms with Crippen LogP contribution in [0.1, 0.15) is 36.5 Å². The van der Waals surface area contributed by atoms with E-state index in [-0.39, 0.29) is 11.8 Å². The Morgan fingerprint density at radius 3 is 2.50 bits per heavy atom. The number of benzene rings is 2. The molecule has 1 saturated heterocycles. The van der Waals surface area contributed by atoms with Gasteiger partial charge in [0.05, 0.1) is 18.4 Å². The van der Waals surface area contributed by atoms with Crippen molar-refractivity contribution in [2.45, 2.75) is 33.6 Å². The predicted octanol–water partition coefficient (Wildman–Crippen LogP) is 4.33. The molecular weight excluding hydrogens is 376 g/mol. The molecule has 1 fully saturated rings. The summed E-state index contributed by atoms with van der Waals surface area (Å²) in [7, 11) is 1.59. The van der Waals surface area contributed by atoms with Gasteiger partial charge in [0.2, 0.25) is 0 Å². The highest BCUT2D eigenvalue weighted by molar-refractivity contribution is 6.45. The topological polar surface area (TPSA) is 49.9 Å². The number of anilines is 1. The number of carbonyl (C=O) groups excluding carboxylic acids is 2. The fourth-order valence-corrected chi connectivity index (χ4v) is 4.57. The molecule has 5 heteroatoms. The minimum atomic E-state index is -0.287. The summed E-state index contributed by atoms with van der Waals surface area (Å²) in [5, 5.41) is 0. The molecule has 2 aromatic rings. The number of nitrogens with zero attached hydrogens (tertiary/aromatic N) is 2. The lowest BCUT2D eigenvalue weighted by atomic mass is 9.97. The van der Waals surface area contributed by atoms with Crippen LogP contribution in [0.2, 0.25) is 0 Å².